The predicted molar refractivity (Wildman–Crippen MR) is 117 cm³/mol. The van der Waals surface area contributed by atoms with E-state index in [1.807, 2.05) is 36.4 Å². The van der Waals surface area contributed by atoms with Crippen molar-refractivity contribution in [2.24, 2.45) is 0 Å². The van der Waals surface area contributed by atoms with Gasteiger partial charge >= 0.3 is 0 Å². The molecule has 3 aromatic rings. The van der Waals surface area contributed by atoms with Crippen molar-refractivity contribution in [2.45, 2.75) is 24.8 Å². The Kier molecular flexibility index (Phi) is 6.54. The number of hydrogen-bond acceptors (Lipinski definition) is 4. The Morgan fingerprint density at radius 3 is 2.30 bits per heavy atom. The van der Waals surface area contributed by atoms with Gasteiger partial charge in [0.05, 0.1) is 10.6 Å². The zero-order valence-electron chi connectivity index (χ0n) is 17.1. The molecule has 0 aliphatic heterocycles. The minimum absolute atomic E-state index is 0.0696. The van der Waals surface area contributed by atoms with Gasteiger partial charge in [-0.1, -0.05) is 36.4 Å². The van der Waals surface area contributed by atoms with Gasteiger partial charge in [-0.05, 0) is 56.3 Å². The molecular formula is C23H24N2O4S. The molecule has 0 aromatic heterocycles. The number of carbonyl (C=O) groups excluding carboxylic acids is 1. The number of carbonyl (C=O) groups is 1. The summed E-state index contributed by atoms with van der Waals surface area (Å²) in [7, 11) is -2.17. The fourth-order valence-electron chi connectivity index (χ4n) is 2.71. The SMILES string of the molecule is CC(C)N(C)S(=O)(=O)c1cccc(C(=O)Nc2ccccc2Oc2ccccc2)c1. The smallest absolute Gasteiger partial charge is 0.255 e. The average molecular weight is 425 g/mol. The first-order valence-electron chi connectivity index (χ1n) is 9.50. The van der Waals surface area contributed by atoms with Gasteiger partial charge in [0, 0.05) is 18.7 Å². The Bertz CT molecular complexity index is 1130. The molecule has 0 radical (unpaired) electrons. The molecule has 1 N–H and O–H groups in total. The van der Waals surface area contributed by atoms with Crippen LogP contribution in [0.4, 0.5) is 5.69 Å². The molecule has 1 amide bonds. The van der Waals surface area contributed by atoms with Crippen molar-refractivity contribution in [3.8, 4) is 11.5 Å². The van der Waals surface area contributed by atoms with Crippen LogP contribution in [-0.4, -0.2) is 31.7 Å². The van der Waals surface area contributed by atoms with Gasteiger partial charge in [0.1, 0.15) is 5.75 Å². The van der Waals surface area contributed by atoms with E-state index in [2.05, 4.69) is 5.32 Å². The lowest BCUT2D eigenvalue weighted by molar-refractivity contribution is 0.102. The number of amides is 1. The first-order valence-corrected chi connectivity index (χ1v) is 10.9. The number of ether oxygens (including phenoxy) is 1. The van der Waals surface area contributed by atoms with Crippen LogP contribution >= 0.6 is 0 Å². The zero-order valence-corrected chi connectivity index (χ0v) is 17.9. The summed E-state index contributed by atoms with van der Waals surface area (Å²) in [6.45, 7) is 3.58. The molecule has 3 aromatic carbocycles. The van der Waals surface area contributed by atoms with Gasteiger partial charge in [0.2, 0.25) is 10.0 Å². The van der Waals surface area contributed by atoms with E-state index in [1.54, 1.807) is 44.2 Å². The highest BCUT2D eigenvalue weighted by molar-refractivity contribution is 7.89. The highest BCUT2D eigenvalue weighted by Gasteiger charge is 2.24. The summed E-state index contributed by atoms with van der Waals surface area (Å²) in [4.78, 5) is 12.9. The fraction of sp³-hybridized carbons (Fsp3) is 0.174. The number of nitrogens with zero attached hydrogens (tertiary/aromatic N) is 1. The van der Waals surface area contributed by atoms with Gasteiger partial charge in [-0.2, -0.15) is 4.31 Å². The molecule has 0 bridgehead atoms. The summed E-state index contributed by atoms with van der Waals surface area (Å²) in [6.07, 6.45) is 0. The lowest BCUT2D eigenvalue weighted by Gasteiger charge is -2.21. The topological polar surface area (TPSA) is 75.7 Å². The van der Waals surface area contributed by atoms with Gasteiger partial charge in [-0.3, -0.25) is 4.79 Å². The van der Waals surface area contributed by atoms with Crippen molar-refractivity contribution < 1.29 is 17.9 Å². The Morgan fingerprint density at radius 1 is 0.933 bits per heavy atom. The summed E-state index contributed by atoms with van der Waals surface area (Å²) in [5.41, 5.74) is 0.724. The van der Waals surface area contributed by atoms with Crippen molar-refractivity contribution in [1.29, 1.82) is 0 Å². The van der Waals surface area contributed by atoms with Crippen molar-refractivity contribution >= 4 is 21.6 Å². The maximum absolute atomic E-state index is 12.8. The third kappa shape index (κ3) is 4.87. The molecule has 0 spiro atoms. The second-order valence-corrected chi connectivity index (χ2v) is 9.01. The molecule has 0 saturated heterocycles. The van der Waals surface area contributed by atoms with E-state index in [0.717, 1.165) is 0 Å². The van der Waals surface area contributed by atoms with Gasteiger partial charge in [-0.15, -0.1) is 0 Å². The Morgan fingerprint density at radius 2 is 1.60 bits per heavy atom. The molecule has 0 aliphatic carbocycles. The molecule has 0 heterocycles. The van der Waals surface area contributed by atoms with Crippen LogP contribution in [0.1, 0.15) is 24.2 Å². The fourth-order valence-corrected chi connectivity index (χ4v) is 4.12. The minimum Gasteiger partial charge on any atom is -0.455 e. The maximum atomic E-state index is 12.8. The van der Waals surface area contributed by atoms with Crippen LogP contribution in [0.25, 0.3) is 0 Å². The monoisotopic (exact) mass is 424 g/mol. The van der Waals surface area contributed by atoms with Gasteiger partial charge < -0.3 is 10.1 Å². The molecule has 156 valence electrons. The zero-order chi connectivity index (χ0) is 21.7. The highest BCUT2D eigenvalue weighted by Crippen LogP contribution is 2.29. The van der Waals surface area contributed by atoms with E-state index >= 15 is 0 Å². The molecule has 0 saturated carbocycles. The Balaban J connectivity index is 1.84. The van der Waals surface area contributed by atoms with Crippen LogP contribution in [0.15, 0.2) is 83.8 Å². The summed E-state index contributed by atoms with van der Waals surface area (Å²) in [5.74, 6) is 0.702. The summed E-state index contributed by atoms with van der Waals surface area (Å²) in [6, 6.07) is 22.1. The number of sulfonamides is 1. The lowest BCUT2D eigenvalue weighted by atomic mass is 10.2. The molecule has 0 fully saturated rings. The molecule has 0 atom stereocenters. The maximum Gasteiger partial charge on any atom is 0.255 e. The molecule has 0 unspecified atom stereocenters. The molecular weight excluding hydrogens is 400 g/mol. The molecule has 6 nitrogen and oxygen atoms in total. The van der Waals surface area contributed by atoms with E-state index in [4.69, 9.17) is 4.74 Å². The summed E-state index contributed by atoms with van der Waals surface area (Å²) >= 11 is 0. The molecule has 0 aliphatic rings. The highest BCUT2D eigenvalue weighted by atomic mass is 32.2. The number of rotatable bonds is 7. The van der Waals surface area contributed by atoms with Crippen molar-refractivity contribution in [2.75, 3.05) is 12.4 Å². The molecule has 7 heteroatoms. The van der Waals surface area contributed by atoms with Gasteiger partial charge in [0.15, 0.2) is 5.75 Å². The van der Waals surface area contributed by atoms with E-state index < -0.39 is 15.9 Å². The number of benzene rings is 3. The van der Waals surface area contributed by atoms with Gasteiger partial charge in [-0.25, -0.2) is 8.42 Å². The quantitative estimate of drug-likeness (QED) is 0.593. The number of para-hydroxylation sites is 3. The predicted octanol–water partition coefficient (Wildman–Crippen LogP) is 4.76. The number of anilines is 1. The number of nitrogens with one attached hydrogen (secondary N) is 1. The van der Waals surface area contributed by atoms with E-state index in [9.17, 15) is 13.2 Å². The van der Waals surface area contributed by atoms with Crippen LogP contribution in [-0.2, 0) is 10.0 Å². The van der Waals surface area contributed by atoms with E-state index in [1.165, 1.54) is 23.5 Å². The molecule has 30 heavy (non-hydrogen) atoms. The first kappa shape index (κ1) is 21.5. The third-order valence-corrected chi connectivity index (χ3v) is 6.64. The van der Waals surface area contributed by atoms with Crippen LogP contribution in [0.2, 0.25) is 0 Å². The van der Waals surface area contributed by atoms with Crippen LogP contribution in [0.3, 0.4) is 0 Å². The second-order valence-electron chi connectivity index (χ2n) is 7.01. The van der Waals surface area contributed by atoms with Crippen LogP contribution in [0, 0.1) is 0 Å². The van der Waals surface area contributed by atoms with Crippen molar-refractivity contribution in [3.63, 3.8) is 0 Å². The Labute approximate surface area is 177 Å². The summed E-state index contributed by atoms with van der Waals surface area (Å²) in [5, 5.41) is 2.81. The Hall–Kier alpha value is -3.16. The standard InChI is InChI=1S/C23H24N2O4S/c1-17(2)25(3)30(27,28)20-13-9-10-18(16-20)23(26)24-21-14-7-8-15-22(21)29-19-11-5-4-6-12-19/h4-17H,1-3H3,(H,24,26). The van der Waals surface area contributed by atoms with Crippen LogP contribution < -0.4 is 10.1 Å². The van der Waals surface area contributed by atoms with Crippen molar-refractivity contribution in [3.05, 3.63) is 84.4 Å². The lowest BCUT2D eigenvalue weighted by Crippen LogP contribution is -2.33. The average Bonchev–Trinajstić information content (AvgIpc) is 2.75. The second kappa shape index (κ2) is 9.11. The van der Waals surface area contributed by atoms with Gasteiger partial charge in [0.25, 0.3) is 5.91 Å². The minimum atomic E-state index is -3.69. The van der Waals surface area contributed by atoms with Crippen molar-refractivity contribution in [1.82, 2.24) is 4.31 Å². The third-order valence-electron chi connectivity index (χ3n) is 4.61. The van der Waals surface area contributed by atoms with E-state index in [-0.39, 0.29) is 16.5 Å². The van der Waals surface area contributed by atoms with E-state index in [0.29, 0.717) is 17.2 Å². The first-order chi connectivity index (χ1) is 14.3. The number of hydrogen-bond donors (Lipinski definition) is 1. The molecule has 3 rings (SSSR count). The summed E-state index contributed by atoms with van der Waals surface area (Å²) < 4.78 is 32.6. The van der Waals surface area contributed by atoms with Crippen LogP contribution in [0.5, 0.6) is 11.5 Å². The normalized spacial score (nSPS) is 11.5. The largest absolute Gasteiger partial charge is 0.455 e.